The Morgan fingerprint density at radius 2 is 0.875 bits per heavy atom. The van der Waals surface area contributed by atoms with E-state index in [1.807, 2.05) is 0 Å². The lowest BCUT2D eigenvalue weighted by atomic mass is 9.64. The zero-order valence-electron chi connectivity index (χ0n) is 23.6. The average molecular weight is 528 g/mol. The predicted octanol–water partition coefficient (Wildman–Crippen LogP) is 8.36. The predicted molar refractivity (Wildman–Crippen MR) is 156 cm³/mol. The van der Waals surface area contributed by atoms with Gasteiger partial charge < -0.3 is 0 Å². The Bertz CT molecular complexity index is 634. The molecule has 5 rings (SSSR count). The van der Waals surface area contributed by atoms with E-state index in [1.165, 1.54) is 44.9 Å². The van der Waals surface area contributed by atoms with E-state index in [1.54, 1.807) is 0 Å². The van der Waals surface area contributed by atoms with Gasteiger partial charge in [-0.25, -0.2) is 0 Å². The summed E-state index contributed by atoms with van der Waals surface area (Å²) < 4.78 is 8.93. The molecular weight excluding hydrogens is 474 g/mol. The summed E-state index contributed by atoms with van der Waals surface area (Å²) in [5.41, 5.74) is 0. The molecule has 0 unspecified atom stereocenters. The largest absolute Gasteiger partial charge is 0.277 e. The Balaban J connectivity index is 1.86. The fraction of sp³-hybridized carbons (Fsp3) is 1.00. The lowest BCUT2D eigenvalue weighted by molar-refractivity contribution is -0.203. The highest BCUT2D eigenvalue weighted by molar-refractivity contribution is 7.70. The lowest BCUT2D eigenvalue weighted by Crippen LogP contribution is -2.70. The highest BCUT2D eigenvalue weighted by Crippen LogP contribution is 2.79. The van der Waals surface area contributed by atoms with Crippen molar-refractivity contribution >= 4 is 40.4 Å². The second kappa shape index (κ2) is 7.86. The second-order valence-corrected chi connectivity index (χ2v) is 42.6. The summed E-state index contributed by atoms with van der Waals surface area (Å²) >= 11 is 0. The SMILES string of the molecule is C[Si](C)(C)C1([Si](C)(C)C)CCC([Si](C)(C)C)([Si](C)(C)C)P1ON1C2CC3CC(C2)CC1C3. The minimum absolute atomic E-state index is 0.467. The van der Waals surface area contributed by atoms with Crippen LogP contribution in [0.1, 0.15) is 44.9 Å². The van der Waals surface area contributed by atoms with Crippen LogP contribution in [-0.4, -0.2) is 58.2 Å². The second-order valence-electron chi connectivity index (χ2n) is 16.2. The molecule has 0 aromatic carbocycles. The first-order chi connectivity index (χ1) is 14.4. The summed E-state index contributed by atoms with van der Waals surface area (Å²) in [5.74, 6) is 2.01. The number of piperidine rings is 2. The van der Waals surface area contributed by atoms with Gasteiger partial charge in [-0.2, -0.15) is 5.06 Å². The molecule has 3 heterocycles. The number of hydrogen-bond acceptors (Lipinski definition) is 2. The fourth-order valence-corrected chi connectivity index (χ4v) is 47.1. The van der Waals surface area contributed by atoms with E-state index in [9.17, 15) is 0 Å². The normalized spacial score (nSPS) is 35.6. The van der Waals surface area contributed by atoms with Gasteiger partial charge in [-0.1, -0.05) is 78.6 Å². The van der Waals surface area contributed by atoms with Crippen molar-refractivity contribution in [3.8, 4) is 0 Å². The van der Waals surface area contributed by atoms with Crippen molar-refractivity contribution in [3.05, 3.63) is 0 Å². The number of hydrogen-bond donors (Lipinski definition) is 0. The summed E-state index contributed by atoms with van der Waals surface area (Å²) in [6.07, 6.45) is 10.2. The molecule has 3 aliphatic heterocycles. The third-order valence-electron chi connectivity index (χ3n) is 10.5. The Labute approximate surface area is 205 Å². The molecule has 0 aromatic rings. The van der Waals surface area contributed by atoms with E-state index in [0.29, 0.717) is 8.81 Å². The highest BCUT2D eigenvalue weighted by Gasteiger charge is 2.74. The van der Waals surface area contributed by atoms with Crippen molar-refractivity contribution in [3.63, 3.8) is 0 Å². The van der Waals surface area contributed by atoms with Crippen molar-refractivity contribution in [1.29, 1.82) is 0 Å². The maximum atomic E-state index is 7.86. The molecule has 2 aliphatic carbocycles. The molecule has 186 valence electrons. The molecule has 0 radical (unpaired) electrons. The van der Waals surface area contributed by atoms with Gasteiger partial charge in [0.15, 0.2) is 0 Å². The van der Waals surface area contributed by atoms with Gasteiger partial charge in [-0.3, -0.25) is 4.62 Å². The van der Waals surface area contributed by atoms with E-state index in [4.69, 9.17) is 4.62 Å². The number of hydroxylamine groups is 2. The molecule has 3 saturated heterocycles. The molecule has 5 fully saturated rings. The highest BCUT2D eigenvalue weighted by atomic mass is 31.1. The molecular formula is C25H54NOPSi4. The van der Waals surface area contributed by atoms with Gasteiger partial charge in [0.1, 0.15) is 0 Å². The van der Waals surface area contributed by atoms with Gasteiger partial charge in [0.05, 0.1) is 40.4 Å². The van der Waals surface area contributed by atoms with E-state index >= 15 is 0 Å². The molecule has 0 aromatic heterocycles. The maximum Gasteiger partial charge on any atom is 0.0564 e. The quantitative estimate of drug-likeness (QED) is 0.254. The van der Waals surface area contributed by atoms with Crippen molar-refractivity contribution in [2.24, 2.45) is 11.8 Å². The van der Waals surface area contributed by atoms with Crippen molar-refractivity contribution in [1.82, 2.24) is 5.06 Å². The summed E-state index contributed by atoms with van der Waals surface area (Å²) in [6, 6.07) is 1.47. The van der Waals surface area contributed by atoms with Gasteiger partial charge in [-0.15, -0.1) is 0 Å². The Kier molecular flexibility index (Phi) is 6.45. The first kappa shape index (κ1) is 26.3. The summed E-state index contributed by atoms with van der Waals surface area (Å²) in [7, 11) is -6.31. The molecule has 2 saturated carbocycles. The average Bonchev–Trinajstić information content (AvgIpc) is 2.94. The summed E-state index contributed by atoms with van der Waals surface area (Å²) in [6.45, 7) is 32.7. The third-order valence-corrected chi connectivity index (χ3v) is 43.1. The molecule has 7 heteroatoms. The van der Waals surface area contributed by atoms with E-state index in [2.05, 4.69) is 83.6 Å². The van der Waals surface area contributed by atoms with Crippen LogP contribution in [0.25, 0.3) is 0 Å². The van der Waals surface area contributed by atoms with Crippen LogP contribution in [0.4, 0.5) is 0 Å². The van der Waals surface area contributed by atoms with Crippen LogP contribution in [0.3, 0.4) is 0 Å². The number of rotatable bonds is 6. The van der Waals surface area contributed by atoms with Crippen molar-refractivity contribution in [2.75, 3.05) is 0 Å². The third kappa shape index (κ3) is 3.66. The molecule has 0 atom stereocenters. The Morgan fingerprint density at radius 3 is 1.16 bits per heavy atom. The smallest absolute Gasteiger partial charge is 0.0564 e. The van der Waals surface area contributed by atoms with Crippen LogP contribution >= 0.6 is 8.15 Å². The van der Waals surface area contributed by atoms with Crippen LogP contribution < -0.4 is 0 Å². The molecule has 4 bridgehead atoms. The van der Waals surface area contributed by atoms with Gasteiger partial charge in [0, 0.05) is 20.9 Å². The molecule has 2 nitrogen and oxygen atoms in total. The number of nitrogens with zero attached hydrogens (tertiary/aromatic N) is 1. The molecule has 0 spiro atoms. The van der Waals surface area contributed by atoms with Gasteiger partial charge in [0.2, 0.25) is 0 Å². The lowest BCUT2D eigenvalue weighted by Gasteiger charge is -2.63. The van der Waals surface area contributed by atoms with Crippen molar-refractivity contribution < 1.29 is 4.62 Å². The van der Waals surface area contributed by atoms with E-state index in [0.717, 1.165) is 23.9 Å². The molecule has 0 amide bonds. The maximum absolute atomic E-state index is 7.86. The summed E-state index contributed by atoms with van der Waals surface area (Å²) in [5, 5.41) is 2.73. The zero-order valence-corrected chi connectivity index (χ0v) is 28.5. The first-order valence-corrected chi connectivity index (χ1v) is 28.9. The standard InChI is InChI=1S/C25H54NOPSi4/c1-29(2,3)24(30(4,5)6)13-14-25(31(7,8)9,32(10,11)12)28(24)27-26-22-16-20-15-21(18-22)19-23(26)17-20/h20-23H,13-19H2,1-12H3. The van der Waals surface area contributed by atoms with Crippen LogP contribution in [0.15, 0.2) is 0 Å². The topological polar surface area (TPSA) is 12.5 Å². The Hall–Kier alpha value is 1.22. The minimum Gasteiger partial charge on any atom is -0.277 e. The van der Waals surface area contributed by atoms with Crippen LogP contribution in [0.5, 0.6) is 0 Å². The van der Waals surface area contributed by atoms with Crippen LogP contribution in [0, 0.1) is 11.8 Å². The summed E-state index contributed by atoms with van der Waals surface area (Å²) in [4.78, 5) is 0. The molecule has 0 N–H and O–H groups in total. The fourth-order valence-electron chi connectivity index (χ4n) is 9.72. The van der Waals surface area contributed by atoms with E-state index < -0.39 is 40.4 Å². The first-order valence-electron chi connectivity index (χ1n) is 13.6. The van der Waals surface area contributed by atoms with Gasteiger partial charge in [0.25, 0.3) is 0 Å². The van der Waals surface area contributed by atoms with Crippen LogP contribution in [-0.2, 0) is 4.62 Å². The van der Waals surface area contributed by atoms with Gasteiger partial charge >= 0.3 is 0 Å². The zero-order chi connectivity index (χ0) is 24.1. The minimum atomic E-state index is -1.46. The monoisotopic (exact) mass is 527 g/mol. The van der Waals surface area contributed by atoms with E-state index in [-0.39, 0.29) is 0 Å². The van der Waals surface area contributed by atoms with Gasteiger partial charge in [-0.05, 0) is 56.8 Å². The molecule has 5 aliphatic rings. The Morgan fingerprint density at radius 1 is 0.562 bits per heavy atom. The molecule has 32 heavy (non-hydrogen) atoms. The van der Waals surface area contributed by atoms with Crippen molar-refractivity contribution in [2.45, 2.75) is 144 Å². The van der Waals surface area contributed by atoms with Crippen LogP contribution in [0.2, 0.25) is 78.6 Å².